The summed E-state index contributed by atoms with van der Waals surface area (Å²) in [7, 11) is -3.58. The van der Waals surface area contributed by atoms with E-state index in [-0.39, 0.29) is 18.5 Å². The van der Waals surface area contributed by atoms with Gasteiger partial charge in [0.15, 0.2) is 0 Å². The highest BCUT2D eigenvalue weighted by Crippen LogP contribution is 2.23. The number of benzene rings is 2. The fraction of sp³-hybridized carbons (Fsp3) is 0.435. The van der Waals surface area contributed by atoms with Crippen LogP contribution in [0.3, 0.4) is 0 Å². The molecule has 1 amide bonds. The molecule has 1 N–H and O–H groups in total. The number of amides is 1. The van der Waals surface area contributed by atoms with Gasteiger partial charge >= 0.3 is 0 Å². The minimum atomic E-state index is -3.58. The van der Waals surface area contributed by atoms with Crippen LogP contribution >= 0.6 is 0 Å². The highest BCUT2D eigenvalue weighted by Gasteiger charge is 2.22. The second-order valence-electron chi connectivity index (χ2n) is 8.04. The molecule has 0 radical (unpaired) electrons. The molecule has 6 nitrogen and oxygen atoms in total. The number of hydrogen-bond donors (Lipinski definition) is 1. The standard InChI is InChI=1S/C23H31N3O3S/c1-18-8-7-9-22(16-18)26(30(3,28)29)17-23(27)24-19(2)20-10-12-21(13-11-20)25-14-5-4-6-15-25/h7-13,16,19H,4-6,14-15,17H2,1-3H3,(H,24,27). The van der Waals surface area contributed by atoms with Gasteiger partial charge in [0.1, 0.15) is 6.54 Å². The van der Waals surface area contributed by atoms with E-state index in [1.807, 2.05) is 32.0 Å². The monoisotopic (exact) mass is 429 g/mol. The molecule has 0 aliphatic carbocycles. The van der Waals surface area contributed by atoms with Gasteiger partial charge in [-0.2, -0.15) is 0 Å². The van der Waals surface area contributed by atoms with Crippen LogP contribution in [0.5, 0.6) is 0 Å². The second-order valence-corrected chi connectivity index (χ2v) is 9.94. The molecule has 1 aliphatic rings. The molecular formula is C23H31N3O3S. The number of piperidine rings is 1. The number of aryl methyl sites for hydroxylation is 1. The zero-order valence-electron chi connectivity index (χ0n) is 18.0. The van der Waals surface area contributed by atoms with Crippen LogP contribution in [0.2, 0.25) is 0 Å². The van der Waals surface area contributed by atoms with Crippen LogP contribution in [-0.2, 0) is 14.8 Å². The van der Waals surface area contributed by atoms with E-state index >= 15 is 0 Å². The highest BCUT2D eigenvalue weighted by atomic mass is 32.2. The number of carbonyl (C=O) groups is 1. The Balaban J connectivity index is 1.65. The lowest BCUT2D eigenvalue weighted by Gasteiger charge is -2.29. The molecule has 1 heterocycles. The first-order valence-electron chi connectivity index (χ1n) is 10.4. The smallest absolute Gasteiger partial charge is 0.241 e. The molecule has 0 spiro atoms. The van der Waals surface area contributed by atoms with Crippen LogP contribution in [0.25, 0.3) is 0 Å². The van der Waals surface area contributed by atoms with Crippen LogP contribution < -0.4 is 14.5 Å². The Bertz CT molecular complexity index is 967. The van der Waals surface area contributed by atoms with E-state index < -0.39 is 10.0 Å². The van der Waals surface area contributed by atoms with Gasteiger partial charge < -0.3 is 10.2 Å². The third kappa shape index (κ3) is 5.75. The van der Waals surface area contributed by atoms with E-state index in [1.165, 1.54) is 24.9 Å². The van der Waals surface area contributed by atoms with Crippen LogP contribution in [0, 0.1) is 6.92 Å². The molecule has 3 rings (SSSR count). The van der Waals surface area contributed by atoms with Crippen molar-refractivity contribution in [2.75, 3.05) is 35.1 Å². The van der Waals surface area contributed by atoms with Crippen molar-refractivity contribution in [3.8, 4) is 0 Å². The molecule has 1 aliphatic heterocycles. The molecule has 2 aromatic rings. The lowest BCUT2D eigenvalue weighted by Crippen LogP contribution is -2.41. The molecule has 162 valence electrons. The number of anilines is 2. The van der Waals surface area contributed by atoms with Crippen molar-refractivity contribution < 1.29 is 13.2 Å². The Hall–Kier alpha value is -2.54. The molecule has 1 saturated heterocycles. The van der Waals surface area contributed by atoms with Crippen molar-refractivity contribution in [3.63, 3.8) is 0 Å². The minimum absolute atomic E-state index is 0.216. The Morgan fingerprint density at radius 1 is 1.10 bits per heavy atom. The Morgan fingerprint density at radius 2 is 1.77 bits per heavy atom. The van der Waals surface area contributed by atoms with Gasteiger partial charge in [0.25, 0.3) is 0 Å². The lowest BCUT2D eigenvalue weighted by atomic mass is 10.1. The summed E-state index contributed by atoms with van der Waals surface area (Å²) in [5.41, 5.74) is 3.63. The summed E-state index contributed by atoms with van der Waals surface area (Å²) in [6.07, 6.45) is 4.87. The molecule has 0 bridgehead atoms. The maximum Gasteiger partial charge on any atom is 0.241 e. The van der Waals surface area contributed by atoms with Gasteiger partial charge in [0.2, 0.25) is 15.9 Å². The first-order chi connectivity index (χ1) is 14.2. The van der Waals surface area contributed by atoms with Crippen LogP contribution in [0.15, 0.2) is 48.5 Å². The van der Waals surface area contributed by atoms with Crippen LogP contribution in [0.4, 0.5) is 11.4 Å². The molecule has 30 heavy (non-hydrogen) atoms. The largest absolute Gasteiger partial charge is 0.372 e. The lowest BCUT2D eigenvalue weighted by molar-refractivity contribution is -0.120. The molecular weight excluding hydrogens is 398 g/mol. The normalized spacial score (nSPS) is 15.5. The summed E-state index contributed by atoms with van der Waals surface area (Å²) in [5, 5.41) is 2.92. The van der Waals surface area contributed by atoms with Gasteiger partial charge in [-0.05, 0) is 68.5 Å². The van der Waals surface area contributed by atoms with Gasteiger partial charge in [-0.25, -0.2) is 8.42 Å². The summed E-state index contributed by atoms with van der Waals surface area (Å²) < 4.78 is 25.7. The third-order valence-electron chi connectivity index (χ3n) is 5.47. The number of rotatable bonds is 7. The fourth-order valence-electron chi connectivity index (χ4n) is 3.81. The van der Waals surface area contributed by atoms with Crippen molar-refractivity contribution in [1.29, 1.82) is 0 Å². The number of carbonyl (C=O) groups excluding carboxylic acids is 1. The Morgan fingerprint density at radius 3 is 2.37 bits per heavy atom. The van der Waals surface area contributed by atoms with Gasteiger partial charge in [0, 0.05) is 18.8 Å². The van der Waals surface area contributed by atoms with Gasteiger partial charge in [-0.1, -0.05) is 24.3 Å². The van der Waals surface area contributed by atoms with Crippen molar-refractivity contribution in [1.82, 2.24) is 5.32 Å². The third-order valence-corrected chi connectivity index (χ3v) is 6.61. The minimum Gasteiger partial charge on any atom is -0.372 e. The number of hydrogen-bond acceptors (Lipinski definition) is 4. The number of nitrogens with zero attached hydrogens (tertiary/aromatic N) is 2. The topological polar surface area (TPSA) is 69.7 Å². The van der Waals surface area contributed by atoms with E-state index in [1.54, 1.807) is 18.2 Å². The first-order valence-corrected chi connectivity index (χ1v) is 12.3. The quantitative estimate of drug-likeness (QED) is 0.730. The van der Waals surface area contributed by atoms with Crippen LogP contribution in [-0.4, -0.2) is 40.2 Å². The SMILES string of the molecule is Cc1cccc(N(CC(=O)NC(C)c2ccc(N3CCCCC3)cc2)S(C)(=O)=O)c1. The predicted molar refractivity (Wildman–Crippen MR) is 122 cm³/mol. The van der Waals surface area contributed by atoms with E-state index in [0.717, 1.165) is 34.8 Å². The average molecular weight is 430 g/mol. The van der Waals surface area contributed by atoms with E-state index in [0.29, 0.717) is 5.69 Å². The van der Waals surface area contributed by atoms with Gasteiger partial charge in [-0.15, -0.1) is 0 Å². The fourth-order valence-corrected chi connectivity index (χ4v) is 4.66. The zero-order chi connectivity index (χ0) is 21.7. The highest BCUT2D eigenvalue weighted by molar-refractivity contribution is 7.92. The summed E-state index contributed by atoms with van der Waals surface area (Å²) in [6.45, 7) is 5.72. The molecule has 1 unspecified atom stereocenters. The number of sulfonamides is 1. The second kappa shape index (κ2) is 9.51. The molecule has 1 fully saturated rings. The first kappa shape index (κ1) is 22.2. The van der Waals surface area contributed by atoms with Crippen molar-refractivity contribution >= 4 is 27.3 Å². The molecule has 7 heteroatoms. The van der Waals surface area contributed by atoms with Gasteiger partial charge in [-0.3, -0.25) is 9.10 Å². The Labute approximate surface area is 179 Å². The van der Waals surface area contributed by atoms with E-state index in [9.17, 15) is 13.2 Å². The molecule has 1 atom stereocenters. The predicted octanol–water partition coefficient (Wildman–Crippen LogP) is 3.63. The zero-order valence-corrected chi connectivity index (χ0v) is 18.8. The summed E-state index contributed by atoms with van der Waals surface area (Å²) >= 11 is 0. The maximum atomic E-state index is 12.6. The average Bonchev–Trinajstić information content (AvgIpc) is 2.72. The van der Waals surface area contributed by atoms with Crippen molar-refractivity contribution in [2.24, 2.45) is 0 Å². The molecule has 0 aromatic heterocycles. The van der Waals surface area contributed by atoms with E-state index in [4.69, 9.17) is 0 Å². The van der Waals surface area contributed by atoms with Crippen molar-refractivity contribution in [2.45, 2.75) is 39.2 Å². The Kier molecular flexibility index (Phi) is 7.02. The summed E-state index contributed by atoms with van der Waals surface area (Å²) in [6, 6.07) is 15.2. The summed E-state index contributed by atoms with van der Waals surface area (Å²) in [4.78, 5) is 15.0. The summed E-state index contributed by atoms with van der Waals surface area (Å²) in [5.74, 6) is -0.338. The van der Waals surface area contributed by atoms with E-state index in [2.05, 4.69) is 22.3 Å². The molecule has 2 aromatic carbocycles. The number of nitrogens with one attached hydrogen (secondary N) is 1. The van der Waals surface area contributed by atoms with Gasteiger partial charge in [0.05, 0.1) is 18.0 Å². The molecule has 0 saturated carbocycles. The van der Waals surface area contributed by atoms with Crippen LogP contribution in [0.1, 0.15) is 43.4 Å². The van der Waals surface area contributed by atoms with Crippen molar-refractivity contribution in [3.05, 3.63) is 59.7 Å². The maximum absolute atomic E-state index is 12.6.